The van der Waals surface area contributed by atoms with E-state index in [2.05, 4.69) is 45.3 Å². The van der Waals surface area contributed by atoms with Crippen molar-refractivity contribution in [3.63, 3.8) is 0 Å². The third-order valence-corrected chi connectivity index (χ3v) is 7.36. The number of nitrogens with zero attached hydrogens (tertiary/aromatic N) is 3. The maximum absolute atomic E-state index is 11.1. The minimum absolute atomic E-state index is 0.0852. The second-order valence-electron chi connectivity index (χ2n) is 9.34. The van der Waals surface area contributed by atoms with E-state index in [0.29, 0.717) is 12.0 Å². The Morgan fingerprint density at radius 2 is 1.73 bits per heavy atom. The molecule has 1 aliphatic carbocycles. The van der Waals surface area contributed by atoms with Crippen molar-refractivity contribution >= 4 is 0 Å². The first-order valence-corrected chi connectivity index (χ1v) is 12.9. The largest absolute Gasteiger partial charge is 0.393 e. The number of likely N-dealkylation sites (tertiary alicyclic amines) is 1. The van der Waals surface area contributed by atoms with Crippen LogP contribution in [0, 0.1) is 5.92 Å². The van der Waals surface area contributed by atoms with Crippen LogP contribution in [0.1, 0.15) is 77.3 Å². The summed E-state index contributed by atoms with van der Waals surface area (Å²) in [5, 5.41) is 20.8. The lowest BCUT2D eigenvalue weighted by atomic mass is 9.84. The molecule has 2 aliphatic heterocycles. The van der Waals surface area contributed by atoms with Gasteiger partial charge in [0.25, 0.3) is 0 Å². The number of hydrogen-bond donors (Lipinski definition) is 2. The summed E-state index contributed by atoms with van der Waals surface area (Å²) in [6, 6.07) is 9.36. The van der Waals surface area contributed by atoms with E-state index >= 15 is 0 Å². The fourth-order valence-corrected chi connectivity index (χ4v) is 5.69. The molecule has 5 heteroatoms. The zero-order chi connectivity index (χ0) is 23.8. The van der Waals surface area contributed by atoms with E-state index in [9.17, 15) is 10.2 Å². The van der Waals surface area contributed by atoms with Gasteiger partial charge in [-0.3, -0.25) is 0 Å². The van der Waals surface area contributed by atoms with E-state index in [1.54, 1.807) is 6.08 Å². The van der Waals surface area contributed by atoms with Gasteiger partial charge in [0.1, 0.15) is 0 Å². The highest BCUT2D eigenvalue weighted by Crippen LogP contribution is 2.42. The summed E-state index contributed by atoms with van der Waals surface area (Å²) < 4.78 is 2.23. The zero-order valence-corrected chi connectivity index (χ0v) is 20.7. The molecule has 1 aromatic heterocycles. The highest BCUT2D eigenvalue weighted by Gasteiger charge is 2.34. The fourth-order valence-electron chi connectivity index (χ4n) is 5.69. The van der Waals surface area contributed by atoms with Crippen LogP contribution in [-0.4, -0.2) is 56.0 Å². The number of piperidine rings is 1. The van der Waals surface area contributed by atoms with Crippen LogP contribution < -0.4 is 0 Å². The number of aliphatic hydroxyl groups excluding tert-OH is 2. The Morgan fingerprint density at radius 1 is 1.09 bits per heavy atom. The van der Waals surface area contributed by atoms with Crippen LogP contribution >= 0.6 is 0 Å². The van der Waals surface area contributed by atoms with Crippen molar-refractivity contribution in [3.8, 4) is 11.3 Å². The number of rotatable bonds is 4. The Bertz CT molecular complexity index is 848. The molecule has 0 spiro atoms. The molecule has 0 bridgehead atoms. The first kappa shape index (κ1) is 25.7. The summed E-state index contributed by atoms with van der Waals surface area (Å²) in [6.45, 7) is 11.4. The number of imidazole rings is 1. The van der Waals surface area contributed by atoms with E-state index in [4.69, 9.17) is 0 Å². The van der Waals surface area contributed by atoms with Gasteiger partial charge in [-0.2, -0.15) is 0 Å². The van der Waals surface area contributed by atoms with Crippen molar-refractivity contribution in [2.45, 2.75) is 90.0 Å². The molecular formula is C28H43N3O2. The van der Waals surface area contributed by atoms with E-state index in [0.717, 1.165) is 58.0 Å². The van der Waals surface area contributed by atoms with Gasteiger partial charge in [0.05, 0.1) is 36.5 Å². The van der Waals surface area contributed by atoms with Crippen molar-refractivity contribution in [1.29, 1.82) is 0 Å². The van der Waals surface area contributed by atoms with Gasteiger partial charge in [0.15, 0.2) is 0 Å². The van der Waals surface area contributed by atoms with Crippen molar-refractivity contribution in [2.75, 3.05) is 13.1 Å². The number of aliphatic hydroxyl groups is 2. The van der Waals surface area contributed by atoms with Crippen LogP contribution in [-0.2, 0) is 0 Å². The molecule has 2 unspecified atom stereocenters. The van der Waals surface area contributed by atoms with Gasteiger partial charge in [0.2, 0.25) is 0 Å². The first-order chi connectivity index (χ1) is 16.1. The quantitative estimate of drug-likeness (QED) is 0.605. The highest BCUT2D eigenvalue weighted by molar-refractivity contribution is 5.68. The number of aromatic nitrogens is 2. The normalized spacial score (nSPS) is 25.5. The molecular weight excluding hydrogens is 410 g/mol. The maximum Gasteiger partial charge on any atom is 0.0956 e. The molecule has 3 heterocycles. The van der Waals surface area contributed by atoms with Gasteiger partial charge in [-0.15, -0.1) is 6.58 Å². The second-order valence-corrected chi connectivity index (χ2v) is 9.34. The average molecular weight is 454 g/mol. The lowest BCUT2D eigenvalue weighted by Crippen LogP contribution is -2.45. The summed E-state index contributed by atoms with van der Waals surface area (Å²) in [5.41, 5.74) is 3.74. The molecule has 182 valence electrons. The van der Waals surface area contributed by atoms with Gasteiger partial charge in [-0.25, -0.2) is 4.98 Å². The lowest BCUT2D eigenvalue weighted by Gasteiger charge is -2.41. The fraction of sp³-hybridized carbons (Fsp3) is 0.607. The number of benzene rings is 1. The van der Waals surface area contributed by atoms with Gasteiger partial charge in [-0.1, -0.05) is 44.2 Å². The monoisotopic (exact) mass is 453 g/mol. The van der Waals surface area contributed by atoms with E-state index in [1.165, 1.54) is 16.8 Å². The van der Waals surface area contributed by atoms with Crippen LogP contribution in [0.2, 0.25) is 0 Å². The van der Waals surface area contributed by atoms with Crippen LogP contribution in [0.15, 0.2) is 49.4 Å². The lowest BCUT2D eigenvalue weighted by molar-refractivity contribution is 0.0179. The summed E-state index contributed by atoms with van der Waals surface area (Å²) >= 11 is 0. The number of fused-ring (bicyclic) bond motifs is 3. The Hall–Kier alpha value is -1.95. The minimum Gasteiger partial charge on any atom is -0.393 e. The Kier molecular flexibility index (Phi) is 9.72. The standard InChI is InChI=1S/C23H31N3O2.C3H6.C2H6/c27-18-7-5-17(6-8-18)25-11-9-16(10-12-25)23(28)13-21-19-3-1-2-4-20(19)22-14-24-15-26(21)22;1-3-2;1-2/h1-4,14-18,21,23,27-28H,5-13H2;3H,1H2,2H3;1-2H3. The van der Waals surface area contributed by atoms with Crippen molar-refractivity contribution < 1.29 is 10.2 Å². The van der Waals surface area contributed by atoms with E-state index in [-0.39, 0.29) is 18.2 Å². The maximum atomic E-state index is 11.1. The zero-order valence-electron chi connectivity index (χ0n) is 20.7. The molecule has 2 N–H and O–H groups in total. The Labute approximate surface area is 200 Å². The Balaban J connectivity index is 0.000000569. The molecule has 1 saturated heterocycles. The van der Waals surface area contributed by atoms with E-state index < -0.39 is 0 Å². The molecule has 0 amide bonds. The molecule has 0 radical (unpaired) electrons. The van der Waals surface area contributed by atoms with Crippen LogP contribution in [0.4, 0.5) is 0 Å². The third-order valence-electron chi connectivity index (χ3n) is 7.36. The highest BCUT2D eigenvalue weighted by atomic mass is 16.3. The summed E-state index contributed by atoms with van der Waals surface area (Å²) in [5.74, 6) is 0.380. The molecule has 2 aromatic rings. The van der Waals surface area contributed by atoms with Crippen molar-refractivity contribution in [2.24, 2.45) is 5.92 Å². The smallest absolute Gasteiger partial charge is 0.0956 e. The summed E-state index contributed by atoms with van der Waals surface area (Å²) in [4.78, 5) is 6.94. The minimum atomic E-state index is -0.276. The predicted octanol–water partition coefficient (Wildman–Crippen LogP) is 5.44. The molecule has 1 aromatic carbocycles. The van der Waals surface area contributed by atoms with Crippen LogP contribution in [0.25, 0.3) is 11.3 Å². The molecule has 2 atom stereocenters. The molecule has 2 fully saturated rings. The topological polar surface area (TPSA) is 61.5 Å². The summed E-state index contributed by atoms with van der Waals surface area (Å²) in [6.07, 6.45) is 12.3. The van der Waals surface area contributed by atoms with Gasteiger partial charge in [-0.05, 0) is 76.4 Å². The molecule has 3 aliphatic rings. The first-order valence-electron chi connectivity index (χ1n) is 12.9. The van der Waals surface area contributed by atoms with Crippen molar-refractivity contribution in [1.82, 2.24) is 14.5 Å². The predicted molar refractivity (Wildman–Crippen MR) is 136 cm³/mol. The van der Waals surface area contributed by atoms with Crippen molar-refractivity contribution in [3.05, 3.63) is 55.0 Å². The summed E-state index contributed by atoms with van der Waals surface area (Å²) in [7, 11) is 0. The number of hydrogen-bond acceptors (Lipinski definition) is 4. The average Bonchev–Trinajstić information content (AvgIpc) is 3.44. The van der Waals surface area contributed by atoms with Gasteiger partial charge >= 0.3 is 0 Å². The Morgan fingerprint density at radius 3 is 2.39 bits per heavy atom. The third kappa shape index (κ3) is 5.95. The van der Waals surface area contributed by atoms with Gasteiger partial charge < -0.3 is 19.7 Å². The number of allylic oxidation sites excluding steroid dienone is 1. The second kappa shape index (κ2) is 12.5. The van der Waals surface area contributed by atoms with Crippen LogP contribution in [0.3, 0.4) is 0 Å². The van der Waals surface area contributed by atoms with Crippen LogP contribution in [0.5, 0.6) is 0 Å². The molecule has 5 rings (SSSR count). The molecule has 33 heavy (non-hydrogen) atoms. The molecule has 1 saturated carbocycles. The SMILES string of the molecule is C=CC.CC.OC1CCC(N2CCC(C(O)CC3c4ccccc4-c4cncn43)CC2)CC1. The molecule has 5 nitrogen and oxygen atoms in total. The van der Waals surface area contributed by atoms with Gasteiger partial charge in [0, 0.05) is 11.6 Å². The van der Waals surface area contributed by atoms with E-state index in [1.807, 2.05) is 33.3 Å².